The van der Waals surface area contributed by atoms with Crippen molar-refractivity contribution in [3.8, 4) is 55.8 Å². The van der Waals surface area contributed by atoms with Crippen molar-refractivity contribution >= 4 is 64.1 Å². The molecule has 2 nitrogen and oxygen atoms in total. The molecule has 0 N–H and O–H groups in total. The Morgan fingerprint density at radius 1 is 0.323 bits per heavy atom. The van der Waals surface area contributed by atoms with Gasteiger partial charge in [0, 0.05) is 36.5 Å². The molecule has 1 spiro atoms. The van der Waals surface area contributed by atoms with E-state index in [1.165, 1.54) is 97.7 Å². The number of aromatic nitrogens is 2. The fraction of sp³-hybridized carbons (Fsp3) is 0.0169. The van der Waals surface area contributed by atoms with Crippen molar-refractivity contribution in [1.82, 2.24) is 9.97 Å². The molecule has 2 aliphatic carbocycles. The smallest absolute Gasteiger partial charge is 0.0979 e. The van der Waals surface area contributed by atoms with Gasteiger partial charge in [-0.15, -0.1) is 11.3 Å². The van der Waals surface area contributed by atoms with Gasteiger partial charge in [0.25, 0.3) is 0 Å². The minimum absolute atomic E-state index is 0.377. The van der Waals surface area contributed by atoms with Crippen LogP contribution >= 0.6 is 11.3 Å². The summed E-state index contributed by atoms with van der Waals surface area (Å²) in [4.78, 5) is 10.4. The second-order valence-electron chi connectivity index (χ2n) is 16.7. The zero-order valence-electron chi connectivity index (χ0n) is 33.4. The van der Waals surface area contributed by atoms with Gasteiger partial charge >= 0.3 is 0 Å². The predicted molar refractivity (Wildman–Crippen MR) is 260 cm³/mol. The summed E-state index contributed by atoms with van der Waals surface area (Å²) in [6.07, 6.45) is 1.94. The number of thiophene rings is 1. The van der Waals surface area contributed by atoms with Crippen LogP contribution in [0.15, 0.2) is 206 Å². The first-order chi connectivity index (χ1) is 30.8. The van der Waals surface area contributed by atoms with Crippen molar-refractivity contribution in [2.45, 2.75) is 5.41 Å². The highest BCUT2D eigenvalue weighted by Crippen LogP contribution is 2.63. The quantitative estimate of drug-likeness (QED) is 0.166. The van der Waals surface area contributed by atoms with E-state index in [0.717, 1.165) is 33.1 Å². The molecule has 0 saturated heterocycles. The highest BCUT2D eigenvalue weighted by Gasteiger charge is 2.51. The van der Waals surface area contributed by atoms with Crippen LogP contribution in [0.5, 0.6) is 0 Å². The molecule has 10 aromatic carbocycles. The minimum atomic E-state index is -0.377. The third-order valence-corrected chi connectivity index (χ3v) is 15.0. The molecule has 0 amide bonds. The van der Waals surface area contributed by atoms with Gasteiger partial charge < -0.3 is 0 Å². The van der Waals surface area contributed by atoms with Crippen LogP contribution < -0.4 is 0 Å². The predicted octanol–water partition coefficient (Wildman–Crippen LogP) is 15.6. The van der Waals surface area contributed by atoms with Crippen molar-refractivity contribution in [2.24, 2.45) is 0 Å². The summed E-state index contributed by atoms with van der Waals surface area (Å²) >= 11 is 1.90. The summed E-state index contributed by atoms with van der Waals surface area (Å²) in [5.41, 5.74) is 19.1. The molecule has 2 aromatic heterocycles. The van der Waals surface area contributed by atoms with Crippen molar-refractivity contribution in [3.05, 3.63) is 229 Å². The molecule has 0 radical (unpaired) electrons. The Bertz CT molecular complexity index is 3790. The van der Waals surface area contributed by atoms with Gasteiger partial charge in [-0.3, -0.25) is 4.98 Å². The molecular weight excluding hydrogens is 769 g/mol. The van der Waals surface area contributed by atoms with Crippen molar-refractivity contribution in [2.75, 3.05) is 0 Å². The monoisotopic (exact) mass is 802 g/mol. The fourth-order valence-corrected chi connectivity index (χ4v) is 12.5. The van der Waals surface area contributed by atoms with Crippen LogP contribution in [0.25, 0.3) is 109 Å². The SMILES string of the molecule is c1cc(-c2cnc3c4ccccc4c4ccccc4c3n2)cc(-c2cccc3c2sc2c(-c4ccc5c(c4)C4(c6ccccc6-c6ccccc64)c4ccccc4-5)cccc23)c1. The van der Waals surface area contributed by atoms with Gasteiger partial charge in [-0.2, -0.15) is 0 Å². The van der Waals surface area contributed by atoms with Gasteiger partial charge in [0.05, 0.1) is 28.3 Å². The highest BCUT2D eigenvalue weighted by molar-refractivity contribution is 7.26. The Labute approximate surface area is 362 Å². The molecule has 3 heteroatoms. The van der Waals surface area contributed by atoms with E-state index < -0.39 is 0 Å². The maximum Gasteiger partial charge on any atom is 0.0979 e. The molecule has 2 aliphatic rings. The summed E-state index contributed by atoms with van der Waals surface area (Å²) in [7, 11) is 0. The Kier molecular flexibility index (Phi) is 6.95. The number of fused-ring (bicyclic) bond motifs is 19. The normalized spacial score (nSPS) is 13.3. The summed E-state index contributed by atoms with van der Waals surface area (Å²) in [6, 6.07) is 73.9. The zero-order valence-corrected chi connectivity index (χ0v) is 34.2. The summed E-state index contributed by atoms with van der Waals surface area (Å²) in [5.74, 6) is 0. The fourth-order valence-electron chi connectivity index (χ4n) is 11.1. The molecule has 0 saturated carbocycles. The van der Waals surface area contributed by atoms with E-state index in [9.17, 15) is 0 Å². The third-order valence-electron chi connectivity index (χ3n) is 13.7. The van der Waals surface area contributed by atoms with Crippen LogP contribution in [0.3, 0.4) is 0 Å². The molecule has 0 bridgehead atoms. The number of benzene rings is 10. The van der Waals surface area contributed by atoms with Crippen molar-refractivity contribution < 1.29 is 0 Å². The van der Waals surface area contributed by atoms with E-state index >= 15 is 0 Å². The van der Waals surface area contributed by atoms with E-state index in [1.54, 1.807) is 0 Å². The Morgan fingerprint density at radius 3 is 1.39 bits per heavy atom. The van der Waals surface area contributed by atoms with Crippen LogP contribution in [0.4, 0.5) is 0 Å². The first-order valence-corrected chi connectivity index (χ1v) is 22.1. The van der Waals surface area contributed by atoms with Gasteiger partial charge in [-0.25, -0.2) is 4.98 Å². The average Bonchev–Trinajstić information content (AvgIpc) is 3.98. The Hall–Kier alpha value is -7.72. The maximum absolute atomic E-state index is 5.33. The molecule has 0 fully saturated rings. The molecular formula is C59H34N2S. The van der Waals surface area contributed by atoms with Crippen molar-refractivity contribution in [3.63, 3.8) is 0 Å². The number of hydrogen-bond donors (Lipinski definition) is 0. The van der Waals surface area contributed by atoms with Gasteiger partial charge in [0.2, 0.25) is 0 Å². The second kappa shape index (κ2) is 12.7. The third kappa shape index (κ3) is 4.47. The molecule has 14 rings (SSSR count). The molecule has 12 aromatic rings. The van der Waals surface area contributed by atoms with E-state index in [-0.39, 0.29) is 5.41 Å². The van der Waals surface area contributed by atoms with E-state index in [4.69, 9.17) is 9.97 Å². The molecule has 0 atom stereocenters. The molecule has 0 unspecified atom stereocenters. The van der Waals surface area contributed by atoms with Crippen LogP contribution in [0.2, 0.25) is 0 Å². The number of nitrogens with zero attached hydrogens (tertiary/aromatic N) is 2. The van der Waals surface area contributed by atoms with E-state index in [1.807, 2.05) is 17.5 Å². The Balaban J connectivity index is 0.925. The zero-order chi connectivity index (χ0) is 40.5. The summed E-state index contributed by atoms with van der Waals surface area (Å²) in [5, 5.41) is 7.22. The molecule has 286 valence electrons. The van der Waals surface area contributed by atoms with Crippen LogP contribution in [0, 0.1) is 0 Å². The number of hydrogen-bond acceptors (Lipinski definition) is 3. The Morgan fingerprint density at radius 2 is 0.774 bits per heavy atom. The molecule has 62 heavy (non-hydrogen) atoms. The standard InChI is InChI=1S/C59H34N2S/c1-3-21-46-40(16-1)41-17-2-4-22-47(41)56-55(46)60-34-54(61-56)37-15-11-14-35(32-37)38-23-12-25-48-49-26-13-24-39(58(49)62-57(38)48)36-30-31-45-44-20-7-10-29-52(44)59(53(45)33-36)50-27-8-5-18-42(50)43-19-6-9-28-51(43)59/h1-34H. The minimum Gasteiger partial charge on any atom is -0.252 e. The summed E-state index contributed by atoms with van der Waals surface area (Å²) in [6.45, 7) is 0. The highest BCUT2D eigenvalue weighted by atomic mass is 32.1. The van der Waals surface area contributed by atoms with Crippen LogP contribution in [0.1, 0.15) is 22.3 Å². The lowest BCUT2D eigenvalue weighted by atomic mass is 9.70. The van der Waals surface area contributed by atoms with Crippen LogP contribution in [-0.2, 0) is 5.41 Å². The first-order valence-electron chi connectivity index (χ1n) is 21.3. The number of rotatable bonds is 3. The largest absolute Gasteiger partial charge is 0.252 e. The van der Waals surface area contributed by atoms with Gasteiger partial charge in [-0.1, -0.05) is 188 Å². The second-order valence-corrected chi connectivity index (χ2v) is 17.8. The maximum atomic E-state index is 5.33. The van der Waals surface area contributed by atoms with E-state index in [0.29, 0.717) is 0 Å². The lowest BCUT2D eigenvalue weighted by Gasteiger charge is -2.30. The molecule has 0 aliphatic heterocycles. The van der Waals surface area contributed by atoms with Crippen molar-refractivity contribution in [1.29, 1.82) is 0 Å². The van der Waals surface area contributed by atoms with Gasteiger partial charge in [-0.05, 0) is 89.7 Å². The topological polar surface area (TPSA) is 25.8 Å². The first kappa shape index (κ1) is 34.0. The molecule has 2 heterocycles. The lowest BCUT2D eigenvalue weighted by molar-refractivity contribution is 0.794. The average molecular weight is 803 g/mol. The summed E-state index contributed by atoms with van der Waals surface area (Å²) < 4.78 is 2.60. The van der Waals surface area contributed by atoms with Gasteiger partial charge in [0.1, 0.15) is 0 Å². The van der Waals surface area contributed by atoms with Gasteiger partial charge in [0.15, 0.2) is 0 Å². The lowest BCUT2D eigenvalue weighted by Crippen LogP contribution is -2.25. The van der Waals surface area contributed by atoms with Crippen LogP contribution in [-0.4, -0.2) is 9.97 Å². The van der Waals surface area contributed by atoms with E-state index in [2.05, 4.69) is 200 Å².